The van der Waals surface area contributed by atoms with Gasteiger partial charge >= 0.3 is 6.03 Å². The average Bonchev–Trinajstić information content (AvgIpc) is 2.75. The van der Waals surface area contributed by atoms with Crippen molar-refractivity contribution in [3.05, 3.63) is 29.8 Å². The fourth-order valence-electron chi connectivity index (χ4n) is 2.66. The van der Waals surface area contributed by atoms with E-state index in [0.717, 1.165) is 37.2 Å². The summed E-state index contributed by atoms with van der Waals surface area (Å²) >= 11 is 0. The number of hydrogen-bond acceptors (Lipinski definition) is 2. The molecule has 0 aliphatic carbocycles. The zero-order valence-corrected chi connectivity index (χ0v) is 12.3. The number of carbonyl (C=O) groups is 1. The van der Waals surface area contributed by atoms with E-state index in [-0.39, 0.29) is 6.03 Å². The van der Waals surface area contributed by atoms with Crippen LogP contribution in [0.5, 0.6) is 0 Å². The Morgan fingerprint density at radius 3 is 2.45 bits per heavy atom. The second kappa shape index (κ2) is 7.17. The minimum absolute atomic E-state index is 0.151. The van der Waals surface area contributed by atoms with Crippen LogP contribution in [0.2, 0.25) is 0 Å². The molecule has 1 heterocycles. The molecule has 0 bridgehead atoms. The van der Waals surface area contributed by atoms with Crippen LogP contribution in [0.15, 0.2) is 24.3 Å². The Morgan fingerprint density at radius 1 is 1.20 bits per heavy atom. The Morgan fingerprint density at radius 2 is 1.85 bits per heavy atom. The molecule has 0 unspecified atom stereocenters. The molecular weight excluding hydrogens is 250 g/mol. The molecule has 1 fully saturated rings. The van der Waals surface area contributed by atoms with E-state index in [9.17, 15) is 4.79 Å². The lowest BCUT2D eigenvalue weighted by Crippen LogP contribution is -2.43. The van der Waals surface area contributed by atoms with Gasteiger partial charge in [0.05, 0.1) is 0 Å². The molecule has 1 saturated heterocycles. The number of carbonyl (C=O) groups excluding carboxylic acids is 1. The molecule has 0 aromatic heterocycles. The molecule has 1 aliphatic rings. The van der Waals surface area contributed by atoms with Crippen molar-refractivity contribution in [3.63, 3.8) is 0 Å². The minimum Gasteiger partial charge on any atom is -0.398 e. The van der Waals surface area contributed by atoms with Crippen molar-refractivity contribution in [1.29, 1.82) is 0 Å². The van der Waals surface area contributed by atoms with Crippen molar-refractivity contribution in [3.8, 4) is 0 Å². The molecule has 0 spiro atoms. The first-order chi connectivity index (χ1) is 9.72. The van der Waals surface area contributed by atoms with Gasteiger partial charge in [-0.05, 0) is 31.4 Å². The second-order valence-electron chi connectivity index (χ2n) is 5.40. The second-order valence-corrected chi connectivity index (χ2v) is 5.40. The van der Waals surface area contributed by atoms with E-state index in [1.807, 2.05) is 41.0 Å². The first-order valence-electron chi connectivity index (χ1n) is 7.59. The largest absolute Gasteiger partial charge is 0.398 e. The molecule has 1 aromatic carbocycles. The highest BCUT2D eigenvalue weighted by atomic mass is 16.2. The van der Waals surface area contributed by atoms with E-state index in [1.54, 1.807) is 0 Å². The van der Waals surface area contributed by atoms with Crippen molar-refractivity contribution in [2.75, 3.05) is 25.4 Å². The maximum absolute atomic E-state index is 12.6. The number of nitrogen functional groups attached to an aromatic ring is 1. The summed E-state index contributed by atoms with van der Waals surface area (Å²) in [5.41, 5.74) is 7.76. The first-order valence-corrected chi connectivity index (χ1v) is 7.59. The molecule has 2 N–H and O–H groups in total. The predicted octanol–water partition coefficient (Wildman–Crippen LogP) is 3.09. The SMILES string of the molecule is CCN(Cc1ccccc1N)C(=O)N1CCCCCC1. The molecule has 4 nitrogen and oxygen atoms in total. The molecule has 20 heavy (non-hydrogen) atoms. The normalized spacial score (nSPS) is 15.8. The van der Waals surface area contributed by atoms with Gasteiger partial charge in [-0.2, -0.15) is 0 Å². The number of nitrogens with zero attached hydrogens (tertiary/aromatic N) is 2. The van der Waals surface area contributed by atoms with Gasteiger partial charge in [-0.3, -0.25) is 0 Å². The molecular formula is C16H25N3O. The molecule has 110 valence electrons. The number of rotatable bonds is 3. The Bertz CT molecular complexity index is 439. The zero-order valence-electron chi connectivity index (χ0n) is 12.3. The number of urea groups is 1. The Labute approximate surface area is 121 Å². The van der Waals surface area contributed by atoms with E-state index < -0.39 is 0 Å². The number of nitrogens with two attached hydrogens (primary N) is 1. The van der Waals surface area contributed by atoms with E-state index in [0.29, 0.717) is 13.1 Å². The van der Waals surface area contributed by atoms with Crippen LogP contribution in [0.25, 0.3) is 0 Å². The fraction of sp³-hybridized carbons (Fsp3) is 0.562. The van der Waals surface area contributed by atoms with E-state index in [4.69, 9.17) is 5.73 Å². The van der Waals surface area contributed by atoms with E-state index in [2.05, 4.69) is 0 Å². The number of benzene rings is 1. The van der Waals surface area contributed by atoms with Gasteiger partial charge in [0.25, 0.3) is 0 Å². The van der Waals surface area contributed by atoms with Crippen LogP contribution in [-0.2, 0) is 6.54 Å². The summed E-state index contributed by atoms with van der Waals surface area (Å²) in [4.78, 5) is 16.5. The van der Waals surface area contributed by atoms with E-state index >= 15 is 0 Å². The number of amides is 2. The number of hydrogen-bond donors (Lipinski definition) is 1. The number of likely N-dealkylation sites (tertiary alicyclic amines) is 1. The van der Waals surface area contributed by atoms with Gasteiger partial charge in [0.2, 0.25) is 0 Å². The summed E-state index contributed by atoms with van der Waals surface area (Å²) in [6, 6.07) is 7.92. The highest BCUT2D eigenvalue weighted by molar-refractivity contribution is 5.74. The van der Waals surface area contributed by atoms with Crippen LogP contribution < -0.4 is 5.73 Å². The maximum atomic E-state index is 12.6. The monoisotopic (exact) mass is 275 g/mol. The van der Waals surface area contributed by atoms with Gasteiger partial charge in [0, 0.05) is 31.9 Å². The average molecular weight is 275 g/mol. The summed E-state index contributed by atoms with van der Waals surface area (Å²) in [6.45, 7) is 5.11. The third-order valence-corrected chi connectivity index (χ3v) is 3.95. The quantitative estimate of drug-likeness (QED) is 0.862. The van der Waals surface area contributed by atoms with Crippen LogP contribution in [0, 0.1) is 0 Å². The van der Waals surface area contributed by atoms with Crippen molar-refractivity contribution < 1.29 is 4.79 Å². The molecule has 1 aliphatic heterocycles. The van der Waals surface area contributed by atoms with Crippen LogP contribution in [0.3, 0.4) is 0 Å². The van der Waals surface area contributed by atoms with Crippen LogP contribution >= 0.6 is 0 Å². The van der Waals surface area contributed by atoms with Crippen molar-refractivity contribution in [2.24, 2.45) is 0 Å². The summed E-state index contributed by atoms with van der Waals surface area (Å²) in [5.74, 6) is 0. The molecule has 2 amide bonds. The molecule has 0 atom stereocenters. The molecule has 0 saturated carbocycles. The summed E-state index contributed by atoms with van der Waals surface area (Å²) in [5, 5.41) is 0. The summed E-state index contributed by atoms with van der Waals surface area (Å²) in [6.07, 6.45) is 4.72. The fourth-order valence-corrected chi connectivity index (χ4v) is 2.66. The molecule has 4 heteroatoms. The Kier molecular flexibility index (Phi) is 5.27. The zero-order chi connectivity index (χ0) is 14.4. The molecule has 0 radical (unpaired) electrons. The third kappa shape index (κ3) is 3.65. The lowest BCUT2D eigenvalue weighted by Gasteiger charge is -2.29. The van der Waals surface area contributed by atoms with Crippen molar-refractivity contribution in [1.82, 2.24) is 9.80 Å². The summed E-state index contributed by atoms with van der Waals surface area (Å²) in [7, 11) is 0. The minimum atomic E-state index is 0.151. The van der Waals surface area contributed by atoms with Gasteiger partial charge in [-0.1, -0.05) is 31.0 Å². The predicted molar refractivity (Wildman–Crippen MR) is 82.4 cm³/mol. The van der Waals surface area contributed by atoms with Gasteiger partial charge in [0.1, 0.15) is 0 Å². The topological polar surface area (TPSA) is 49.6 Å². The highest BCUT2D eigenvalue weighted by Crippen LogP contribution is 2.16. The highest BCUT2D eigenvalue weighted by Gasteiger charge is 2.21. The molecule has 2 rings (SSSR count). The lowest BCUT2D eigenvalue weighted by molar-refractivity contribution is 0.154. The van der Waals surface area contributed by atoms with Gasteiger partial charge < -0.3 is 15.5 Å². The van der Waals surface area contributed by atoms with Gasteiger partial charge in [0.15, 0.2) is 0 Å². The van der Waals surface area contributed by atoms with Crippen molar-refractivity contribution >= 4 is 11.7 Å². The van der Waals surface area contributed by atoms with Crippen LogP contribution in [-0.4, -0.2) is 35.5 Å². The van der Waals surface area contributed by atoms with Gasteiger partial charge in [-0.25, -0.2) is 4.79 Å². The van der Waals surface area contributed by atoms with Crippen molar-refractivity contribution in [2.45, 2.75) is 39.2 Å². The van der Waals surface area contributed by atoms with E-state index in [1.165, 1.54) is 12.8 Å². The first kappa shape index (κ1) is 14.7. The van der Waals surface area contributed by atoms with Crippen LogP contribution in [0.4, 0.5) is 10.5 Å². The van der Waals surface area contributed by atoms with Crippen LogP contribution in [0.1, 0.15) is 38.2 Å². The number of anilines is 1. The summed E-state index contributed by atoms with van der Waals surface area (Å²) < 4.78 is 0. The Hall–Kier alpha value is -1.71. The lowest BCUT2D eigenvalue weighted by atomic mass is 10.1. The number of para-hydroxylation sites is 1. The molecule has 1 aromatic rings. The Balaban J connectivity index is 2.03. The van der Waals surface area contributed by atoms with Gasteiger partial charge in [-0.15, -0.1) is 0 Å². The smallest absolute Gasteiger partial charge is 0.320 e. The third-order valence-electron chi connectivity index (χ3n) is 3.95. The standard InChI is InChI=1S/C16H25N3O/c1-2-18(13-14-9-5-6-10-15(14)17)16(20)19-11-7-3-4-8-12-19/h5-6,9-10H,2-4,7-8,11-13,17H2,1H3. The maximum Gasteiger partial charge on any atom is 0.320 e.